The predicted octanol–water partition coefficient (Wildman–Crippen LogP) is 3.28. The fourth-order valence-electron chi connectivity index (χ4n) is 2.26. The number of benzene rings is 1. The smallest absolute Gasteiger partial charge is 0.240 e. The molecule has 0 bridgehead atoms. The van der Waals surface area contributed by atoms with E-state index in [4.69, 9.17) is 4.52 Å². The van der Waals surface area contributed by atoms with Crippen molar-refractivity contribution < 1.29 is 12.9 Å². The molecule has 22 heavy (non-hydrogen) atoms. The molecule has 5 nitrogen and oxygen atoms in total. The van der Waals surface area contributed by atoms with E-state index in [0.717, 1.165) is 29.0 Å². The number of nitrogens with zero attached hydrogens (tertiary/aromatic N) is 1. The van der Waals surface area contributed by atoms with Crippen LogP contribution < -0.4 is 4.72 Å². The van der Waals surface area contributed by atoms with Crippen LogP contribution in [0.1, 0.15) is 31.7 Å². The molecule has 0 fully saturated rings. The Morgan fingerprint density at radius 1 is 1.18 bits per heavy atom. The lowest BCUT2D eigenvalue weighted by Gasteiger charge is -2.09. The zero-order valence-electron chi connectivity index (χ0n) is 13.4. The highest BCUT2D eigenvalue weighted by atomic mass is 32.2. The Bertz CT molecular complexity index is 712. The zero-order chi connectivity index (χ0) is 16.3. The summed E-state index contributed by atoms with van der Waals surface area (Å²) < 4.78 is 32.2. The van der Waals surface area contributed by atoms with E-state index < -0.39 is 10.0 Å². The Morgan fingerprint density at radius 2 is 1.82 bits per heavy atom. The molecule has 1 aromatic carbocycles. The van der Waals surface area contributed by atoms with E-state index in [1.807, 2.05) is 13.8 Å². The molecule has 1 N–H and O–H groups in total. The number of aryl methyl sites for hydroxylation is 2. The maximum absolute atomic E-state index is 12.2. The maximum Gasteiger partial charge on any atom is 0.240 e. The van der Waals surface area contributed by atoms with E-state index in [0.29, 0.717) is 12.5 Å². The lowest BCUT2D eigenvalue weighted by Crippen LogP contribution is -2.25. The molecule has 0 unspecified atom stereocenters. The van der Waals surface area contributed by atoms with E-state index >= 15 is 0 Å². The van der Waals surface area contributed by atoms with Crippen LogP contribution in [0.4, 0.5) is 0 Å². The van der Waals surface area contributed by atoms with Crippen molar-refractivity contribution in [2.75, 3.05) is 6.54 Å². The first kappa shape index (κ1) is 16.7. The van der Waals surface area contributed by atoms with Gasteiger partial charge in [-0.15, -0.1) is 0 Å². The molecule has 0 spiro atoms. The highest BCUT2D eigenvalue weighted by Gasteiger charge is 2.16. The normalized spacial score (nSPS) is 12.0. The van der Waals surface area contributed by atoms with Crippen LogP contribution in [0.25, 0.3) is 11.1 Å². The molecule has 0 aliphatic heterocycles. The van der Waals surface area contributed by atoms with Gasteiger partial charge in [-0.05, 0) is 43.9 Å². The van der Waals surface area contributed by atoms with Gasteiger partial charge in [-0.2, -0.15) is 0 Å². The summed E-state index contributed by atoms with van der Waals surface area (Å²) in [6, 6.07) is 6.78. The summed E-state index contributed by atoms with van der Waals surface area (Å²) in [6.45, 7) is 8.28. The van der Waals surface area contributed by atoms with Crippen LogP contribution in [0, 0.1) is 19.8 Å². The van der Waals surface area contributed by atoms with Gasteiger partial charge in [0.25, 0.3) is 0 Å². The third kappa shape index (κ3) is 3.75. The van der Waals surface area contributed by atoms with Crippen LogP contribution in [0.5, 0.6) is 0 Å². The number of nitrogens with one attached hydrogen (secondary N) is 1. The lowest BCUT2D eigenvalue weighted by molar-refractivity contribution is 0.393. The quantitative estimate of drug-likeness (QED) is 0.886. The molecule has 2 aromatic rings. The second-order valence-electron chi connectivity index (χ2n) is 5.80. The third-order valence-corrected chi connectivity index (χ3v) is 4.98. The molecule has 0 saturated heterocycles. The molecule has 0 amide bonds. The first-order valence-corrected chi connectivity index (χ1v) is 8.82. The van der Waals surface area contributed by atoms with Gasteiger partial charge < -0.3 is 4.52 Å². The summed E-state index contributed by atoms with van der Waals surface area (Å²) in [5.74, 6) is 1.19. The Kier molecular flexibility index (Phi) is 5.03. The van der Waals surface area contributed by atoms with Crippen LogP contribution in [0.15, 0.2) is 33.7 Å². The van der Waals surface area contributed by atoms with Gasteiger partial charge in [-0.25, -0.2) is 13.1 Å². The molecule has 2 rings (SSSR count). The van der Waals surface area contributed by atoms with Gasteiger partial charge in [0.2, 0.25) is 10.0 Å². The fraction of sp³-hybridized carbons (Fsp3) is 0.438. The monoisotopic (exact) mass is 322 g/mol. The first-order chi connectivity index (χ1) is 10.3. The first-order valence-electron chi connectivity index (χ1n) is 7.34. The Morgan fingerprint density at radius 3 is 2.32 bits per heavy atom. The van der Waals surface area contributed by atoms with E-state index in [1.165, 1.54) is 0 Å². The minimum Gasteiger partial charge on any atom is -0.361 e. The van der Waals surface area contributed by atoms with Gasteiger partial charge in [-0.1, -0.05) is 31.1 Å². The molecule has 6 heteroatoms. The van der Waals surface area contributed by atoms with Gasteiger partial charge >= 0.3 is 0 Å². The SMILES string of the molecule is Cc1noc(C)c1-c1ccc(S(=O)(=O)NCCC(C)C)cc1. The van der Waals surface area contributed by atoms with Crippen LogP contribution >= 0.6 is 0 Å². The second kappa shape index (κ2) is 6.62. The van der Waals surface area contributed by atoms with Gasteiger partial charge in [0, 0.05) is 12.1 Å². The van der Waals surface area contributed by atoms with Crippen molar-refractivity contribution in [1.29, 1.82) is 0 Å². The molecule has 0 aliphatic rings. The molecule has 0 radical (unpaired) electrons. The summed E-state index contributed by atoms with van der Waals surface area (Å²) in [7, 11) is -3.45. The number of hydrogen-bond acceptors (Lipinski definition) is 4. The molecular formula is C16H22N2O3S. The maximum atomic E-state index is 12.2. The molecule has 0 aliphatic carbocycles. The van der Waals surface area contributed by atoms with E-state index in [9.17, 15) is 8.42 Å². The van der Waals surface area contributed by atoms with Crippen molar-refractivity contribution in [3.8, 4) is 11.1 Å². The van der Waals surface area contributed by atoms with Gasteiger partial charge in [-0.3, -0.25) is 0 Å². The Labute approximate surface area is 131 Å². The largest absolute Gasteiger partial charge is 0.361 e. The average molecular weight is 322 g/mol. The Balaban J connectivity index is 2.18. The van der Waals surface area contributed by atoms with Crippen LogP contribution in [-0.2, 0) is 10.0 Å². The lowest BCUT2D eigenvalue weighted by atomic mass is 10.0. The summed E-state index contributed by atoms with van der Waals surface area (Å²) in [5, 5.41) is 3.92. The van der Waals surface area contributed by atoms with Crippen molar-refractivity contribution in [2.24, 2.45) is 5.92 Å². The standard InChI is InChI=1S/C16H22N2O3S/c1-11(2)9-10-17-22(19,20)15-7-5-14(6-8-15)16-12(3)18-21-13(16)4/h5-8,11,17H,9-10H2,1-4H3. The van der Waals surface area contributed by atoms with Crippen LogP contribution in [0.2, 0.25) is 0 Å². The minimum absolute atomic E-state index is 0.270. The highest BCUT2D eigenvalue weighted by molar-refractivity contribution is 7.89. The second-order valence-corrected chi connectivity index (χ2v) is 7.57. The van der Waals surface area contributed by atoms with E-state index in [-0.39, 0.29) is 4.90 Å². The third-order valence-electron chi connectivity index (χ3n) is 3.50. The van der Waals surface area contributed by atoms with Crippen molar-refractivity contribution in [3.05, 3.63) is 35.7 Å². The van der Waals surface area contributed by atoms with Crippen LogP contribution in [-0.4, -0.2) is 20.1 Å². The van der Waals surface area contributed by atoms with Crippen molar-refractivity contribution in [2.45, 2.75) is 39.0 Å². The fourth-order valence-corrected chi connectivity index (χ4v) is 3.31. The molecule has 0 atom stereocenters. The summed E-state index contributed by atoms with van der Waals surface area (Å²) in [5.41, 5.74) is 2.61. The number of aromatic nitrogens is 1. The predicted molar refractivity (Wildman–Crippen MR) is 86.1 cm³/mol. The molecule has 120 valence electrons. The molecular weight excluding hydrogens is 300 g/mol. The van der Waals surface area contributed by atoms with Crippen molar-refractivity contribution >= 4 is 10.0 Å². The van der Waals surface area contributed by atoms with Gasteiger partial charge in [0.05, 0.1) is 10.6 Å². The molecule has 1 aromatic heterocycles. The average Bonchev–Trinajstić information content (AvgIpc) is 2.78. The van der Waals surface area contributed by atoms with Crippen LogP contribution in [0.3, 0.4) is 0 Å². The van der Waals surface area contributed by atoms with Crippen molar-refractivity contribution in [1.82, 2.24) is 9.88 Å². The molecule has 0 saturated carbocycles. The number of rotatable bonds is 6. The topological polar surface area (TPSA) is 72.2 Å². The van der Waals surface area contributed by atoms with E-state index in [2.05, 4.69) is 23.7 Å². The number of sulfonamides is 1. The van der Waals surface area contributed by atoms with Crippen molar-refractivity contribution in [3.63, 3.8) is 0 Å². The number of hydrogen-bond donors (Lipinski definition) is 1. The minimum atomic E-state index is -3.45. The highest BCUT2D eigenvalue weighted by Crippen LogP contribution is 2.27. The summed E-state index contributed by atoms with van der Waals surface area (Å²) in [4.78, 5) is 0.270. The Hall–Kier alpha value is -1.66. The van der Waals surface area contributed by atoms with E-state index in [1.54, 1.807) is 24.3 Å². The zero-order valence-corrected chi connectivity index (χ0v) is 14.2. The molecule has 1 heterocycles. The van der Waals surface area contributed by atoms with Gasteiger partial charge in [0.1, 0.15) is 5.76 Å². The van der Waals surface area contributed by atoms with Gasteiger partial charge in [0.15, 0.2) is 0 Å². The summed E-state index contributed by atoms with van der Waals surface area (Å²) in [6.07, 6.45) is 0.816. The summed E-state index contributed by atoms with van der Waals surface area (Å²) >= 11 is 0.